The summed E-state index contributed by atoms with van der Waals surface area (Å²) in [5.41, 5.74) is 0. The molecule has 1 unspecified atom stereocenters. The number of carbonyl (C=O) groups excluding carboxylic acids is 1. The minimum atomic E-state index is -0.133. The summed E-state index contributed by atoms with van der Waals surface area (Å²) in [4.78, 5) is 15.9. The highest BCUT2D eigenvalue weighted by Gasteiger charge is 2.24. The van der Waals surface area contributed by atoms with Crippen molar-refractivity contribution in [3.8, 4) is 0 Å². The number of rotatable bonds is 5. The summed E-state index contributed by atoms with van der Waals surface area (Å²) in [6.45, 7) is 8.81. The number of nitrogens with zero attached hydrogens (tertiary/aromatic N) is 2. The minimum Gasteiger partial charge on any atom is -0.469 e. The molecule has 0 aromatic carbocycles. The summed E-state index contributed by atoms with van der Waals surface area (Å²) in [6.07, 6.45) is 0.473. The maximum atomic E-state index is 11.2. The average molecular weight is 280 g/mol. The SMILES string of the molecule is COC(=O)CCN1CCN(Cc2ccc(C)o2)C(C)C1. The molecule has 0 saturated carbocycles. The molecule has 0 bridgehead atoms. The Labute approximate surface area is 120 Å². The molecule has 112 valence electrons. The van der Waals surface area contributed by atoms with E-state index in [0.29, 0.717) is 12.5 Å². The zero-order chi connectivity index (χ0) is 14.5. The zero-order valence-corrected chi connectivity index (χ0v) is 12.6. The van der Waals surface area contributed by atoms with Crippen molar-refractivity contribution in [3.63, 3.8) is 0 Å². The van der Waals surface area contributed by atoms with Crippen molar-refractivity contribution >= 4 is 5.97 Å². The van der Waals surface area contributed by atoms with Crippen LogP contribution in [0.4, 0.5) is 0 Å². The third-order valence-electron chi connectivity index (χ3n) is 3.86. The lowest BCUT2D eigenvalue weighted by Gasteiger charge is -2.39. The molecule has 0 N–H and O–H groups in total. The van der Waals surface area contributed by atoms with E-state index < -0.39 is 0 Å². The van der Waals surface area contributed by atoms with Crippen LogP contribution >= 0.6 is 0 Å². The molecular weight excluding hydrogens is 256 g/mol. The predicted molar refractivity (Wildman–Crippen MR) is 76.4 cm³/mol. The number of esters is 1. The maximum absolute atomic E-state index is 11.2. The molecule has 1 atom stereocenters. The summed E-state index contributed by atoms with van der Waals surface area (Å²) < 4.78 is 10.3. The van der Waals surface area contributed by atoms with Gasteiger partial charge < -0.3 is 9.15 Å². The van der Waals surface area contributed by atoms with Crippen LogP contribution in [-0.2, 0) is 16.1 Å². The van der Waals surface area contributed by atoms with Gasteiger partial charge in [0.1, 0.15) is 11.5 Å². The molecule has 0 spiro atoms. The summed E-state index contributed by atoms with van der Waals surface area (Å²) in [6, 6.07) is 4.52. The summed E-state index contributed by atoms with van der Waals surface area (Å²) in [5, 5.41) is 0. The first kappa shape index (κ1) is 15.1. The van der Waals surface area contributed by atoms with Crippen LogP contribution in [0.25, 0.3) is 0 Å². The van der Waals surface area contributed by atoms with Crippen molar-refractivity contribution in [2.24, 2.45) is 0 Å². The van der Waals surface area contributed by atoms with E-state index in [0.717, 1.165) is 44.2 Å². The maximum Gasteiger partial charge on any atom is 0.306 e. The first-order chi connectivity index (χ1) is 9.58. The first-order valence-corrected chi connectivity index (χ1v) is 7.17. The number of ether oxygens (including phenoxy) is 1. The van der Waals surface area contributed by atoms with Gasteiger partial charge in [-0.15, -0.1) is 0 Å². The van der Waals surface area contributed by atoms with E-state index in [2.05, 4.69) is 21.5 Å². The molecule has 2 heterocycles. The van der Waals surface area contributed by atoms with E-state index in [-0.39, 0.29) is 5.97 Å². The number of methoxy groups -OCH3 is 1. The molecule has 1 aromatic rings. The zero-order valence-electron chi connectivity index (χ0n) is 12.6. The third-order valence-corrected chi connectivity index (χ3v) is 3.86. The second-order valence-corrected chi connectivity index (χ2v) is 5.46. The fourth-order valence-corrected chi connectivity index (χ4v) is 2.63. The largest absolute Gasteiger partial charge is 0.469 e. The van der Waals surface area contributed by atoms with E-state index in [1.165, 1.54) is 7.11 Å². The fourth-order valence-electron chi connectivity index (χ4n) is 2.63. The second-order valence-electron chi connectivity index (χ2n) is 5.46. The van der Waals surface area contributed by atoms with Gasteiger partial charge in [-0.1, -0.05) is 0 Å². The molecule has 1 aliphatic rings. The van der Waals surface area contributed by atoms with Crippen LogP contribution in [0.15, 0.2) is 16.5 Å². The summed E-state index contributed by atoms with van der Waals surface area (Å²) >= 11 is 0. The van der Waals surface area contributed by atoms with E-state index in [1.807, 2.05) is 19.1 Å². The van der Waals surface area contributed by atoms with Gasteiger partial charge in [-0.25, -0.2) is 0 Å². The highest BCUT2D eigenvalue weighted by molar-refractivity contribution is 5.69. The molecule has 1 fully saturated rings. The molecule has 1 saturated heterocycles. The van der Waals surface area contributed by atoms with Crippen molar-refractivity contribution in [1.29, 1.82) is 0 Å². The Hall–Kier alpha value is -1.33. The van der Waals surface area contributed by atoms with Gasteiger partial charge in [0.05, 0.1) is 20.1 Å². The monoisotopic (exact) mass is 280 g/mol. The van der Waals surface area contributed by atoms with Crippen LogP contribution in [0.2, 0.25) is 0 Å². The standard InChI is InChI=1S/C15H24N2O3/c1-12-10-16(7-6-15(18)19-3)8-9-17(12)11-14-5-4-13(2)20-14/h4-5,12H,6-11H2,1-3H3. The van der Waals surface area contributed by atoms with Crippen molar-refractivity contribution in [2.75, 3.05) is 33.3 Å². The van der Waals surface area contributed by atoms with Crippen LogP contribution in [0.5, 0.6) is 0 Å². The Balaban J connectivity index is 1.78. The number of hydrogen-bond acceptors (Lipinski definition) is 5. The smallest absolute Gasteiger partial charge is 0.306 e. The van der Waals surface area contributed by atoms with Gasteiger partial charge in [0.25, 0.3) is 0 Å². The van der Waals surface area contributed by atoms with Crippen LogP contribution in [0, 0.1) is 6.92 Å². The molecule has 0 radical (unpaired) electrons. The molecule has 5 nitrogen and oxygen atoms in total. The Kier molecular flexibility index (Phi) is 5.20. The molecular formula is C15H24N2O3. The molecule has 2 rings (SSSR count). The molecule has 5 heteroatoms. The average Bonchev–Trinajstić information content (AvgIpc) is 2.84. The van der Waals surface area contributed by atoms with Gasteiger partial charge in [0.15, 0.2) is 0 Å². The van der Waals surface area contributed by atoms with Gasteiger partial charge >= 0.3 is 5.97 Å². The Bertz CT molecular complexity index is 444. The van der Waals surface area contributed by atoms with Crippen LogP contribution in [-0.4, -0.2) is 55.1 Å². The highest BCUT2D eigenvalue weighted by atomic mass is 16.5. The van der Waals surface area contributed by atoms with Crippen molar-refractivity contribution in [2.45, 2.75) is 32.9 Å². The normalized spacial score (nSPS) is 21.1. The fraction of sp³-hybridized carbons (Fsp3) is 0.667. The van der Waals surface area contributed by atoms with Gasteiger partial charge in [-0.3, -0.25) is 14.6 Å². The first-order valence-electron chi connectivity index (χ1n) is 7.17. The Morgan fingerprint density at radius 1 is 1.45 bits per heavy atom. The molecule has 1 aliphatic heterocycles. The lowest BCUT2D eigenvalue weighted by atomic mass is 10.1. The van der Waals surface area contributed by atoms with Crippen LogP contribution in [0.1, 0.15) is 24.9 Å². The van der Waals surface area contributed by atoms with Crippen molar-refractivity contribution in [1.82, 2.24) is 9.80 Å². The Morgan fingerprint density at radius 3 is 2.85 bits per heavy atom. The van der Waals surface area contributed by atoms with Gasteiger partial charge in [0, 0.05) is 32.2 Å². The summed E-state index contributed by atoms with van der Waals surface area (Å²) in [5.74, 6) is 1.85. The van der Waals surface area contributed by atoms with E-state index >= 15 is 0 Å². The van der Waals surface area contributed by atoms with Gasteiger partial charge in [-0.2, -0.15) is 0 Å². The molecule has 1 aromatic heterocycles. The van der Waals surface area contributed by atoms with E-state index in [4.69, 9.17) is 4.42 Å². The highest BCUT2D eigenvalue weighted by Crippen LogP contribution is 2.15. The van der Waals surface area contributed by atoms with E-state index in [1.54, 1.807) is 0 Å². The van der Waals surface area contributed by atoms with Crippen molar-refractivity contribution in [3.05, 3.63) is 23.7 Å². The topological polar surface area (TPSA) is 45.9 Å². The third kappa shape index (κ3) is 4.08. The number of piperazine rings is 1. The minimum absolute atomic E-state index is 0.133. The number of furan rings is 1. The quantitative estimate of drug-likeness (QED) is 0.768. The van der Waals surface area contributed by atoms with Crippen LogP contribution < -0.4 is 0 Å². The molecule has 0 aliphatic carbocycles. The molecule has 0 amide bonds. The number of hydrogen-bond donors (Lipinski definition) is 0. The lowest BCUT2D eigenvalue weighted by Crippen LogP contribution is -2.51. The second kappa shape index (κ2) is 6.90. The Morgan fingerprint density at radius 2 is 2.25 bits per heavy atom. The number of aryl methyl sites for hydroxylation is 1. The van der Waals surface area contributed by atoms with Gasteiger partial charge in [0.2, 0.25) is 0 Å². The predicted octanol–water partition coefficient (Wildman–Crippen LogP) is 1.66. The van der Waals surface area contributed by atoms with E-state index in [9.17, 15) is 4.79 Å². The van der Waals surface area contributed by atoms with Crippen molar-refractivity contribution < 1.29 is 13.9 Å². The molecule has 20 heavy (non-hydrogen) atoms. The summed E-state index contributed by atoms with van der Waals surface area (Å²) in [7, 11) is 1.44. The van der Waals surface area contributed by atoms with Crippen LogP contribution in [0.3, 0.4) is 0 Å². The lowest BCUT2D eigenvalue weighted by molar-refractivity contribution is -0.141. The van der Waals surface area contributed by atoms with Gasteiger partial charge in [-0.05, 0) is 26.0 Å². The number of carbonyl (C=O) groups is 1.